The Morgan fingerprint density at radius 2 is 2.19 bits per heavy atom. The van der Waals surface area contributed by atoms with Crippen LogP contribution in [0.15, 0.2) is 29.9 Å². The van der Waals surface area contributed by atoms with E-state index in [4.69, 9.17) is 9.47 Å². The first-order valence-corrected chi connectivity index (χ1v) is 10.1. The molecule has 4 heterocycles. The summed E-state index contributed by atoms with van der Waals surface area (Å²) >= 11 is 1.71. The number of ether oxygens (including phenoxy) is 2. The molecule has 0 N–H and O–H groups in total. The molecule has 0 unspecified atom stereocenters. The molecule has 2 saturated heterocycles. The van der Waals surface area contributed by atoms with Gasteiger partial charge >= 0.3 is 0 Å². The Bertz CT molecular complexity index is 705. The molecular weight excluding hydrogens is 353 g/mol. The van der Waals surface area contributed by atoms with Crippen molar-refractivity contribution < 1.29 is 13.9 Å². The number of hydrogen-bond acceptors (Lipinski definition) is 6. The van der Waals surface area contributed by atoms with E-state index in [1.165, 1.54) is 11.1 Å². The highest BCUT2D eigenvalue weighted by Crippen LogP contribution is 2.42. The molecule has 26 heavy (non-hydrogen) atoms. The lowest BCUT2D eigenvalue weighted by Crippen LogP contribution is -2.47. The molecule has 2 aliphatic rings. The summed E-state index contributed by atoms with van der Waals surface area (Å²) < 4.78 is 25.4. The summed E-state index contributed by atoms with van der Waals surface area (Å²) in [4.78, 5) is 10.8. The molecule has 7 heteroatoms. The number of pyridine rings is 1. The van der Waals surface area contributed by atoms with Crippen LogP contribution in [0.4, 0.5) is 4.39 Å². The minimum atomic E-state index is -0.402. The van der Waals surface area contributed by atoms with Crippen molar-refractivity contribution in [2.45, 2.75) is 37.8 Å². The van der Waals surface area contributed by atoms with Crippen molar-refractivity contribution in [2.24, 2.45) is 5.92 Å². The van der Waals surface area contributed by atoms with E-state index >= 15 is 0 Å². The van der Waals surface area contributed by atoms with Crippen molar-refractivity contribution in [1.29, 1.82) is 0 Å². The summed E-state index contributed by atoms with van der Waals surface area (Å²) in [7, 11) is 0. The van der Waals surface area contributed by atoms with E-state index in [0.29, 0.717) is 12.5 Å². The van der Waals surface area contributed by atoms with Gasteiger partial charge in [-0.1, -0.05) is 0 Å². The van der Waals surface area contributed by atoms with Gasteiger partial charge in [0.15, 0.2) is 5.82 Å². The number of rotatable bonds is 6. The van der Waals surface area contributed by atoms with Crippen LogP contribution in [-0.4, -0.2) is 46.8 Å². The smallest absolute Gasteiger partial charge is 0.250 e. The third kappa shape index (κ3) is 3.89. The molecule has 0 aromatic carbocycles. The van der Waals surface area contributed by atoms with Crippen molar-refractivity contribution in [3.8, 4) is 5.88 Å². The lowest BCUT2D eigenvalue weighted by molar-refractivity contribution is -0.0709. The maximum atomic E-state index is 13.6. The first-order chi connectivity index (χ1) is 12.8. The fourth-order valence-electron chi connectivity index (χ4n) is 4.13. The molecule has 1 spiro atoms. The van der Waals surface area contributed by atoms with E-state index in [9.17, 15) is 4.39 Å². The van der Waals surface area contributed by atoms with Gasteiger partial charge < -0.3 is 9.47 Å². The van der Waals surface area contributed by atoms with Crippen molar-refractivity contribution >= 4 is 11.3 Å². The van der Waals surface area contributed by atoms with Crippen molar-refractivity contribution in [3.63, 3.8) is 0 Å². The molecule has 0 radical (unpaired) electrons. The largest absolute Gasteiger partial charge is 0.476 e. The highest BCUT2D eigenvalue weighted by atomic mass is 32.1. The molecule has 0 aliphatic carbocycles. The third-order valence-corrected chi connectivity index (χ3v) is 6.34. The summed E-state index contributed by atoms with van der Waals surface area (Å²) in [6.45, 7) is 4.29. The van der Waals surface area contributed by atoms with E-state index in [1.54, 1.807) is 23.6 Å². The molecule has 2 aromatic heterocycles. The Morgan fingerprint density at radius 3 is 2.96 bits per heavy atom. The van der Waals surface area contributed by atoms with E-state index in [0.717, 1.165) is 51.9 Å². The number of hydrogen-bond donors (Lipinski definition) is 0. The lowest BCUT2D eigenvalue weighted by atomic mass is 9.78. The van der Waals surface area contributed by atoms with Gasteiger partial charge in [-0.25, -0.2) is 14.4 Å². The Labute approximate surface area is 157 Å². The van der Waals surface area contributed by atoms with Crippen LogP contribution in [0.2, 0.25) is 0 Å². The fourth-order valence-corrected chi connectivity index (χ4v) is 4.79. The molecule has 0 saturated carbocycles. The van der Waals surface area contributed by atoms with Crippen LogP contribution in [0.1, 0.15) is 30.7 Å². The first kappa shape index (κ1) is 17.8. The Kier molecular flexibility index (Phi) is 5.47. The monoisotopic (exact) mass is 377 g/mol. The van der Waals surface area contributed by atoms with Gasteiger partial charge in [-0.05, 0) is 43.7 Å². The van der Waals surface area contributed by atoms with Gasteiger partial charge in [-0.15, -0.1) is 11.3 Å². The molecule has 0 bridgehead atoms. The number of piperidine rings is 1. The zero-order valence-corrected chi connectivity index (χ0v) is 15.6. The second kappa shape index (κ2) is 7.98. The van der Waals surface area contributed by atoms with Crippen molar-refractivity contribution in [2.75, 3.05) is 26.3 Å². The summed E-state index contributed by atoms with van der Waals surface area (Å²) in [5.41, 5.74) is -0.0363. The summed E-state index contributed by atoms with van der Waals surface area (Å²) in [6.07, 6.45) is 7.44. The normalized spacial score (nSPS) is 22.7. The number of likely N-dealkylation sites (tertiary alicyclic amines) is 1. The molecule has 0 amide bonds. The Balaban J connectivity index is 1.28. The summed E-state index contributed by atoms with van der Waals surface area (Å²) in [6, 6.07) is 2.95. The van der Waals surface area contributed by atoms with Crippen LogP contribution in [0, 0.1) is 11.7 Å². The Morgan fingerprint density at radius 1 is 1.31 bits per heavy atom. The molecule has 4 rings (SSSR count). The zero-order chi connectivity index (χ0) is 17.8. The fraction of sp³-hybridized carbons (Fsp3) is 0.579. The minimum absolute atomic E-state index is 0.0363. The molecule has 2 aromatic rings. The van der Waals surface area contributed by atoms with Crippen molar-refractivity contribution in [1.82, 2.24) is 14.9 Å². The second-order valence-corrected chi connectivity index (χ2v) is 8.01. The number of halogens is 1. The second-order valence-electron chi connectivity index (χ2n) is 7.03. The predicted molar refractivity (Wildman–Crippen MR) is 97.7 cm³/mol. The molecule has 2 fully saturated rings. The standard InChI is InChI=1S/C19H24FN3O2S/c20-16-2-1-7-22-18(16)24-11-3-15-4-12-25-19(15)5-9-23(10-6-19)14-17-21-8-13-26-17/h1-2,7-8,13,15H,3-6,9-12,14H2/t15-/m1/s1. The maximum Gasteiger partial charge on any atom is 0.250 e. The van der Waals surface area contributed by atoms with E-state index in [2.05, 4.69) is 14.9 Å². The van der Waals surface area contributed by atoms with Crippen LogP contribution >= 0.6 is 11.3 Å². The van der Waals surface area contributed by atoms with E-state index in [1.807, 2.05) is 11.6 Å². The quantitative estimate of drug-likeness (QED) is 0.771. The van der Waals surface area contributed by atoms with Gasteiger partial charge in [0.05, 0.1) is 18.8 Å². The SMILES string of the molecule is Fc1cccnc1OCC[C@@H]1CCOC12CCN(Cc1nccs1)CC2. The van der Waals surface area contributed by atoms with Crippen LogP contribution in [0.5, 0.6) is 5.88 Å². The maximum absolute atomic E-state index is 13.6. The third-order valence-electron chi connectivity index (χ3n) is 5.57. The van der Waals surface area contributed by atoms with Gasteiger partial charge in [0.25, 0.3) is 0 Å². The predicted octanol–water partition coefficient (Wildman–Crippen LogP) is 3.52. The van der Waals surface area contributed by atoms with Gasteiger partial charge in [0.2, 0.25) is 5.88 Å². The molecule has 2 aliphatic heterocycles. The number of thiazole rings is 1. The zero-order valence-electron chi connectivity index (χ0n) is 14.8. The lowest BCUT2D eigenvalue weighted by Gasteiger charge is -2.42. The average molecular weight is 377 g/mol. The molecule has 140 valence electrons. The van der Waals surface area contributed by atoms with Gasteiger partial charge in [0, 0.05) is 37.5 Å². The van der Waals surface area contributed by atoms with E-state index < -0.39 is 5.82 Å². The number of nitrogens with zero attached hydrogens (tertiary/aromatic N) is 3. The van der Waals surface area contributed by atoms with Crippen molar-refractivity contribution in [3.05, 3.63) is 40.7 Å². The Hall–Kier alpha value is -1.57. The molecule has 1 atom stereocenters. The van der Waals surface area contributed by atoms with Crippen LogP contribution in [-0.2, 0) is 11.3 Å². The molecular formula is C19H24FN3O2S. The van der Waals surface area contributed by atoms with E-state index in [-0.39, 0.29) is 11.5 Å². The summed E-state index contributed by atoms with van der Waals surface area (Å²) in [5.74, 6) is 0.162. The topological polar surface area (TPSA) is 47.5 Å². The summed E-state index contributed by atoms with van der Waals surface area (Å²) in [5, 5.41) is 3.21. The van der Waals surface area contributed by atoms with Gasteiger partial charge in [-0.2, -0.15) is 0 Å². The van der Waals surface area contributed by atoms with Crippen LogP contribution in [0.25, 0.3) is 0 Å². The average Bonchev–Trinajstić information content (AvgIpc) is 3.29. The molecule has 5 nitrogen and oxygen atoms in total. The highest BCUT2D eigenvalue weighted by molar-refractivity contribution is 7.09. The van der Waals surface area contributed by atoms with Gasteiger partial charge in [0.1, 0.15) is 5.01 Å². The van der Waals surface area contributed by atoms with Gasteiger partial charge in [-0.3, -0.25) is 4.90 Å². The minimum Gasteiger partial charge on any atom is -0.476 e. The number of aromatic nitrogens is 2. The first-order valence-electron chi connectivity index (χ1n) is 9.23. The van der Waals surface area contributed by atoms with Crippen LogP contribution < -0.4 is 4.74 Å². The highest BCUT2D eigenvalue weighted by Gasteiger charge is 2.45. The van der Waals surface area contributed by atoms with Crippen LogP contribution in [0.3, 0.4) is 0 Å².